The Bertz CT molecular complexity index is 1180. The molecule has 1 unspecified atom stereocenters. The van der Waals surface area contributed by atoms with E-state index >= 15 is 0 Å². The first-order chi connectivity index (χ1) is 15.8. The molecule has 0 radical (unpaired) electrons. The number of benzene rings is 3. The molecular weight excluding hydrogens is 450 g/mol. The highest BCUT2D eigenvalue weighted by Gasteiger charge is 2.24. The Morgan fingerprint density at radius 3 is 2.30 bits per heavy atom. The van der Waals surface area contributed by atoms with Gasteiger partial charge in [0.1, 0.15) is 11.5 Å². The van der Waals surface area contributed by atoms with Crippen molar-refractivity contribution in [3.8, 4) is 11.5 Å². The number of nitrogens with one attached hydrogen (secondary N) is 1. The van der Waals surface area contributed by atoms with Crippen molar-refractivity contribution >= 4 is 29.0 Å². The molecule has 0 aliphatic heterocycles. The highest BCUT2D eigenvalue weighted by atomic mass is 32.2. The number of amides is 1. The molecule has 0 spiro atoms. The molecule has 0 bridgehead atoms. The van der Waals surface area contributed by atoms with Gasteiger partial charge in [-0.2, -0.15) is 0 Å². The molecule has 11 heteroatoms. The summed E-state index contributed by atoms with van der Waals surface area (Å²) in [6.07, 6.45) is 0.350. The Morgan fingerprint density at radius 1 is 0.970 bits per heavy atom. The van der Waals surface area contributed by atoms with Crippen LogP contribution >= 0.6 is 11.8 Å². The average Bonchev–Trinajstić information content (AvgIpc) is 2.79. The summed E-state index contributed by atoms with van der Waals surface area (Å²) < 4.78 is 0. The maximum Gasteiger partial charge on any atom is 0.289 e. The van der Waals surface area contributed by atoms with Crippen molar-refractivity contribution in [2.45, 2.75) is 16.6 Å². The molecule has 10 nitrogen and oxygen atoms in total. The van der Waals surface area contributed by atoms with E-state index in [0.29, 0.717) is 6.42 Å². The lowest BCUT2D eigenvalue weighted by Gasteiger charge is -2.18. The van der Waals surface area contributed by atoms with Crippen molar-refractivity contribution in [1.82, 2.24) is 5.32 Å². The Labute approximate surface area is 192 Å². The van der Waals surface area contributed by atoms with E-state index in [-0.39, 0.29) is 39.4 Å². The van der Waals surface area contributed by atoms with Crippen LogP contribution in [0.15, 0.2) is 71.6 Å². The number of nitro groups is 2. The first-order valence-electron chi connectivity index (χ1n) is 9.71. The maximum absolute atomic E-state index is 12.4. The van der Waals surface area contributed by atoms with Gasteiger partial charge in [-0.25, -0.2) is 0 Å². The number of phenols is 2. The molecule has 3 aromatic carbocycles. The van der Waals surface area contributed by atoms with E-state index in [9.17, 15) is 35.2 Å². The first kappa shape index (κ1) is 23.5. The van der Waals surface area contributed by atoms with Crippen molar-refractivity contribution in [3.63, 3.8) is 0 Å². The minimum atomic E-state index is -0.701. The lowest BCUT2D eigenvalue weighted by molar-refractivity contribution is -0.396. The fraction of sp³-hybridized carbons (Fsp3) is 0.136. The second-order valence-corrected chi connectivity index (χ2v) is 8.17. The molecule has 0 fully saturated rings. The van der Waals surface area contributed by atoms with Crippen LogP contribution in [0.3, 0.4) is 0 Å². The summed E-state index contributed by atoms with van der Waals surface area (Å²) in [6.45, 7) is 0.187. The normalized spacial score (nSPS) is 11.5. The fourth-order valence-corrected chi connectivity index (χ4v) is 4.31. The summed E-state index contributed by atoms with van der Waals surface area (Å²) >= 11 is 1.13. The molecule has 0 aromatic heterocycles. The van der Waals surface area contributed by atoms with E-state index in [1.165, 1.54) is 36.4 Å². The molecule has 1 amide bonds. The van der Waals surface area contributed by atoms with Gasteiger partial charge >= 0.3 is 0 Å². The number of non-ortho nitro benzene ring substituents is 1. The standard InChI is InChI=1S/C22H19N3O7S/c26-16-8-5-14(6-9-16)20(11-12-23-22(28)17-3-1-2-4-19(17)27)33-21-10-7-15(24(29)30)13-18(21)25(31)32/h1-10,13,20,26-27H,11-12H2,(H,23,28). The number of nitro benzene ring substituents is 2. The van der Waals surface area contributed by atoms with E-state index in [1.807, 2.05) is 0 Å². The zero-order valence-corrected chi connectivity index (χ0v) is 17.9. The predicted octanol–water partition coefficient (Wildman–Crippen LogP) is 4.57. The van der Waals surface area contributed by atoms with Crippen molar-refractivity contribution in [2.75, 3.05) is 6.54 Å². The predicted molar refractivity (Wildman–Crippen MR) is 122 cm³/mol. The molecule has 0 saturated carbocycles. The van der Waals surface area contributed by atoms with Crippen LogP contribution in [0.5, 0.6) is 11.5 Å². The molecule has 0 aliphatic rings. The number of rotatable bonds is 9. The fourth-order valence-electron chi connectivity index (χ4n) is 3.08. The lowest BCUT2D eigenvalue weighted by Crippen LogP contribution is -2.25. The Balaban J connectivity index is 1.81. The molecule has 0 saturated heterocycles. The molecule has 0 heterocycles. The Hall–Kier alpha value is -4.12. The van der Waals surface area contributed by atoms with Crippen LogP contribution in [0.2, 0.25) is 0 Å². The third kappa shape index (κ3) is 5.98. The number of para-hydroxylation sites is 1. The second kappa shape index (κ2) is 10.5. The number of hydrogen-bond donors (Lipinski definition) is 3. The second-order valence-electron chi connectivity index (χ2n) is 6.93. The van der Waals surface area contributed by atoms with Gasteiger partial charge < -0.3 is 15.5 Å². The largest absolute Gasteiger partial charge is 0.508 e. The number of aromatic hydroxyl groups is 2. The number of carbonyl (C=O) groups is 1. The molecule has 1 atom stereocenters. The smallest absolute Gasteiger partial charge is 0.289 e. The van der Waals surface area contributed by atoms with Crippen molar-refractivity contribution in [2.24, 2.45) is 0 Å². The molecule has 3 N–H and O–H groups in total. The molecule has 3 rings (SSSR count). The monoisotopic (exact) mass is 469 g/mol. The van der Waals surface area contributed by atoms with E-state index in [0.717, 1.165) is 23.4 Å². The maximum atomic E-state index is 12.4. The number of phenolic OH excluding ortho intramolecular Hbond substituents is 2. The lowest BCUT2D eigenvalue weighted by atomic mass is 10.1. The minimum Gasteiger partial charge on any atom is -0.508 e. The van der Waals surface area contributed by atoms with Gasteiger partial charge in [0.15, 0.2) is 0 Å². The van der Waals surface area contributed by atoms with Gasteiger partial charge in [-0.05, 0) is 42.3 Å². The Kier molecular flexibility index (Phi) is 7.46. The first-order valence-corrected chi connectivity index (χ1v) is 10.6. The topological polar surface area (TPSA) is 156 Å². The molecule has 0 aliphatic carbocycles. The van der Waals surface area contributed by atoms with Crippen LogP contribution in [0.25, 0.3) is 0 Å². The van der Waals surface area contributed by atoms with Crippen LogP contribution in [-0.2, 0) is 0 Å². The quantitative estimate of drug-likeness (QED) is 0.234. The van der Waals surface area contributed by atoms with Crippen LogP contribution < -0.4 is 5.32 Å². The number of nitrogens with zero attached hydrogens (tertiary/aromatic N) is 2. The number of thioether (sulfide) groups is 1. The molecule has 3 aromatic rings. The third-order valence-corrected chi connectivity index (χ3v) is 6.12. The average molecular weight is 469 g/mol. The number of hydrogen-bond acceptors (Lipinski definition) is 8. The SMILES string of the molecule is O=C(NCCC(Sc1ccc([N+](=O)[O-])cc1[N+](=O)[O-])c1ccc(O)cc1)c1ccccc1O. The van der Waals surface area contributed by atoms with Gasteiger partial charge in [-0.3, -0.25) is 25.0 Å². The van der Waals surface area contributed by atoms with Crippen LogP contribution in [0.1, 0.15) is 27.6 Å². The zero-order chi connectivity index (χ0) is 24.0. The molecule has 33 heavy (non-hydrogen) atoms. The highest BCUT2D eigenvalue weighted by molar-refractivity contribution is 7.99. The van der Waals surface area contributed by atoms with Crippen LogP contribution in [-0.4, -0.2) is 32.5 Å². The minimum absolute atomic E-state index is 0.0525. The van der Waals surface area contributed by atoms with E-state index in [4.69, 9.17) is 0 Å². The van der Waals surface area contributed by atoms with Crippen molar-refractivity contribution in [3.05, 3.63) is 98.1 Å². The summed E-state index contributed by atoms with van der Waals surface area (Å²) in [6, 6.07) is 15.8. The van der Waals surface area contributed by atoms with Gasteiger partial charge in [-0.1, -0.05) is 24.3 Å². The van der Waals surface area contributed by atoms with Crippen LogP contribution in [0.4, 0.5) is 11.4 Å². The van der Waals surface area contributed by atoms with Gasteiger partial charge in [-0.15, -0.1) is 11.8 Å². The van der Waals surface area contributed by atoms with Gasteiger partial charge in [0.25, 0.3) is 17.3 Å². The molecule has 170 valence electrons. The van der Waals surface area contributed by atoms with E-state index in [1.54, 1.807) is 24.3 Å². The van der Waals surface area contributed by atoms with E-state index < -0.39 is 21.4 Å². The Morgan fingerprint density at radius 2 is 1.67 bits per heavy atom. The van der Waals surface area contributed by atoms with Gasteiger partial charge in [0.2, 0.25) is 0 Å². The molecular formula is C22H19N3O7S. The van der Waals surface area contributed by atoms with Crippen molar-refractivity contribution in [1.29, 1.82) is 0 Å². The van der Waals surface area contributed by atoms with Crippen molar-refractivity contribution < 1.29 is 24.9 Å². The van der Waals surface area contributed by atoms with E-state index in [2.05, 4.69) is 5.32 Å². The summed E-state index contributed by atoms with van der Waals surface area (Å²) in [5.74, 6) is -0.568. The number of carbonyl (C=O) groups excluding carboxylic acids is 1. The summed E-state index contributed by atoms with van der Waals surface area (Å²) in [5, 5.41) is 44.3. The summed E-state index contributed by atoms with van der Waals surface area (Å²) in [5.41, 5.74) is 0.0815. The summed E-state index contributed by atoms with van der Waals surface area (Å²) in [7, 11) is 0. The zero-order valence-electron chi connectivity index (χ0n) is 17.1. The third-order valence-electron chi connectivity index (χ3n) is 4.72. The highest BCUT2D eigenvalue weighted by Crippen LogP contribution is 2.43. The van der Waals surface area contributed by atoms with Gasteiger partial charge in [0.05, 0.1) is 26.4 Å². The van der Waals surface area contributed by atoms with Crippen LogP contribution in [0, 0.1) is 20.2 Å². The van der Waals surface area contributed by atoms with Gasteiger partial charge in [0, 0.05) is 17.9 Å². The summed E-state index contributed by atoms with van der Waals surface area (Å²) in [4.78, 5) is 33.7.